The summed E-state index contributed by atoms with van der Waals surface area (Å²) >= 11 is 0. The van der Waals surface area contributed by atoms with Crippen molar-refractivity contribution in [2.75, 3.05) is 38.6 Å². The van der Waals surface area contributed by atoms with Crippen molar-refractivity contribution in [3.63, 3.8) is 0 Å². The fourth-order valence-electron chi connectivity index (χ4n) is 2.84. The number of nitrogens with zero attached hydrogens (tertiary/aromatic N) is 2. The first-order valence-corrected chi connectivity index (χ1v) is 7.99. The summed E-state index contributed by atoms with van der Waals surface area (Å²) in [5.41, 5.74) is 1.16. The van der Waals surface area contributed by atoms with Gasteiger partial charge in [0, 0.05) is 18.7 Å². The van der Waals surface area contributed by atoms with Gasteiger partial charge in [-0.15, -0.1) is 0 Å². The summed E-state index contributed by atoms with van der Waals surface area (Å²) in [5, 5.41) is 7.07. The minimum absolute atomic E-state index is 0.227. The van der Waals surface area contributed by atoms with Gasteiger partial charge in [0.05, 0.1) is 7.11 Å². The second-order valence-corrected chi connectivity index (χ2v) is 5.71. The smallest absolute Gasteiger partial charge is 0.345 e. The topological polar surface area (TPSA) is 67.6 Å². The van der Waals surface area contributed by atoms with Crippen LogP contribution < -0.4 is 5.32 Å². The monoisotopic (exact) mass is 333 g/mol. The number of halogens is 1. The average Bonchev–Trinajstić information content (AvgIpc) is 3.25. The number of carbonyl (C=O) groups is 1. The zero-order valence-electron chi connectivity index (χ0n) is 13.5. The van der Waals surface area contributed by atoms with Crippen molar-refractivity contribution in [1.82, 2.24) is 10.1 Å². The van der Waals surface area contributed by atoms with E-state index in [1.807, 2.05) is 0 Å². The summed E-state index contributed by atoms with van der Waals surface area (Å²) in [6.45, 7) is 3.71. The Morgan fingerprint density at radius 2 is 2.04 bits per heavy atom. The van der Waals surface area contributed by atoms with Crippen LogP contribution in [0.2, 0.25) is 0 Å². The second kappa shape index (κ2) is 7.44. The summed E-state index contributed by atoms with van der Waals surface area (Å²) in [7, 11) is 1.30. The van der Waals surface area contributed by atoms with Crippen molar-refractivity contribution in [2.24, 2.45) is 0 Å². The number of hydrogen-bond acceptors (Lipinski definition) is 6. The fraction of sp³-hybridized carbons (Fsp3) is 0.412. The first-order valence-electron chi connectivity index (χ1n) is 7.99. The van der Waals surface area contributed by atoms with Gasteiger partial charge in [0.1, 0.15) is 11.5 Å². The van der Waals surface area contributed by atoms with Crippen LogP contribution in [0.1, 0.15) is 23.2 Å². The van der Waals surface area contributed by atoms with Crippen molar-refractivity contribution in [3.05, 3.63) is 35.6 Å². The summed E-state index contributed by atoms with van der Waals surface area (Å²) < 4.78 is 23.2. The highest BCUT2D eigenvalue weighted by atomic mass is 19.1. The molecule has 7 heteroatoms. The predicted molar refractivity (Wildman–Crippen MR) is 87.4 cm³/mol. The highest BCUT2D eigenvalue weighted by Gasteiger charge is 2.25. The standard InChI is InChI=1S/C17H20FN3O3/c1-23-17(22)14-15(12-4-6-13(18)7-5-12)20-24-16(14)19-8-11-21-9-2-3-10-21/h4-7,19H,2-3,8-11H2,1H3. The Morgan fingerprint density at radius 3 is 2.71 bits per heavy atom. The first kappa shape index (κ1) is 16.4. The van der Waals surface area contributed by atoms with E-state index in [0.29, 0.717) is 17.8 Å². The molecule has 1 aromatic heterocycles. The van der Waals surface area contributed by atoms with E-state index in [9.17, 15) is 9.18 Å². The molecular formula is C17H20FN3O3. The molecule has 0 amide bonds. The van der Waals surface area contributed by atoms with Crippen molar-refractivity contribution in [1.29, 1.82) is 0 Å². The van der Waals surface area contributed by atoms with Gasteiger partial charge in [-0.2, -0.15) is 0 Å². The molecule has 1 aliphatic rings. The van der Waals surface area contributed by atoms with E-state index in [2.05, 4.69) is 15.4 Å². The lowest BCUT2D eigenvalue weighted by atomic mass is 10.1. The molecule has 6 nitrogen and oxygen atoms in total. The van der Waals surface area contributed by atoms with E-state index in [-0.39, 0.29) is 17.3 Å². The Hall–Kier alpha value is -2.41. The number of aromatic nitrogens is 1. The van der Waals surface area contributed by atoms with Crippen molar-refractivity contribution in [3.8, 4) is 11.3 Å². The number of nitrogens with one attached hydrogen (secondary N) is 1. The number of ether oxygens (including phenoxy) is 1. The molecule has 1 aromatic carbocycles. The third kappa shape index (κ3) is 3.56. The zero-order chi connectivity index (χ0) is 16.9. The molecule has 2 aromatic rings. The molecule has 0 spiro atoms. The molecule has 2 heterocycles. The van der Waals surface area contributed by atoms with Gasteiger partial charge < -0.3 is 19.5 Å². The molecule has 0 radical (unpaired) electrons. The normalized spacial score (nSPS) is 14.8. The van der Waals surface area contributed by atoms with Gasteiger partial charge in [-0.25, -0.2) is 9.18 Å². The highest BCUT2D eigenvalue weighted by molar-refractivity contribution is 6.00. The number of carbonyl (C=O) groups excluding carboxylic acids is 1. The molecule has 3 rings (SSSR count). The maximum Gasteiger partial charge on any atom is 0.345 e. The molecule has 0 saturated carbocycles. The third-order valence-electron chi connectivity index (χ3n) is 4.11. The van der Waals surface area contributed by atoms with Gasteiger partial charge in [-0.3, -0.25) is 0 Å². The molecule has 24 heavy (non-hydrogen) atoms. The molecule has 0 aliphatic carbocycles. The summed E-state index contributed by atoms with van der Waals surface area (Å²) in [6, 6.07) is 5.72. The molecule has 1 N–H and O–H groups in total. The highest BCUT2D eigenvalue weighted by Crippen LogP contribution is 2.29. The van der Waals surface area contributed by atoms with Crippen LogP contribution in [0.4, 0.5) is 10.3 Å². The molecular weight excluding hydrogens is 313 g/mol. The van der Waals surface area contributed by atoms with Gasteiger partial charge >= 0.3 is 5.97 Å². The molecule has 0 unspecified atom stereocenters. The van der Waals surface area contributed by atoms with E-state index in [1.54, 1.807) is 12.1 Å². The molecule has 1 aliphatic heterocycles. The predicted octanol–water partition coefficient (Wildman–Crippen LogP) is 2.78. The zero-order valence-corrected chi connectivity index (χ0v) is 13.5. The van der Waals surface area contributed by atoms with E-state index in [0.717, 1.165) is 19.6 Å². The molecule has 0 atom stereocenters. The molecule has 1 saturated heterocycles. The lowest BCUT2D eigenvalue weighted by Crippen LogP contribution is -2.26. The number of benzene rings is 1. The fourth-order valence-corrected chi connectivity index (χ4v) is 2.84. The maximum atomic E-state index is 13.1. The number of rotatable bonds is 6. The van der Waals surface area contributed by atoms with Gasteiger partial charge in [0.25, 0.3) is 0 Å². The second-order valence-electron chi connectivity index (χ2n) is 5.71. The maximum absolute atomic E-state index is 13.1. The van der Waals surface area contributed by atoms with Gasteiger partial charge in [0.2, 0.25) is 5.88 Å². The van der Waals surface area contributed by atoms with Gasteiger partial charge in [0.15, 0.2) is 5.56 Å². The Morgan fingerprint density at radius 1 is 1.33 bits per heavy atom. The number of methoxy groups -OCH3 is 1. The molecule has 1 fully saturated rings. The van der Waals surface area contributed by atoms with Crippen LogP contribution in [0, 0.1) is 5.82 Å². The van der Waals surface area contributed by atoms with Crippen LogP contribution in [-0.2, 0) is 4.74 Å². The van der Waals surface area contributed by atoms with Crippen molar-refractivity contribution < 1.29 is 18.4 Å². The van der Waals surface area contributed by atoms with Crippen molar-refractivity contribution >= 4 is 11.9 Å². The Balaban J connectivity index is 1.78. The minimum Gasteiger partial charge on any atom is -0.465 e. The Labute approximate surface area is 139 Å². The molecule has 128 valence electrons. The Kier molecular flexibility index (Phi) is 5.10. The van der Waals surface area contributed by atoms with E-state index < -0.39 is 5.97 Å². The van der Waals surface area contributed by atoms with E-state index in [1.165, 1.54) is 32.1 Å². The number of anilines is 1. The van der Waals surface area contributed by atoms with Gasteiger partial charge in [-0.1, -0.05) is 5.16 Å². The van der Waals surface area contributed by atoms with Crippen LogP contribution >= 0.6 is 0 Å². The quantitative estimate of drug-likeness (QED) is 0.820. The summed E-state index contributed by atoms with van der Waals surface area (Å²) in [6.07, 6.45) is 2.45. The van der Waals surface area contributed by atoms with Gasteiger partial charge in [-0.05, 0) is 50.2 Å². The SMILES string of the molecule is COC(=O)c1c(-c2ccc(F)cc2)noc1NCCN1CCCC1. The van der Waals surface area contributed by atoms with E-state index in [4.69, 9.17) is 9.26 Å². The van der Waals surface area contributed by atoms with Crippen LogP contribution in [-0.4, -0.2) is 49.3 Å². The van der Waals surface area contributed by atoms with E-state index >= 15 is 0 Å². The summed E-state index contributed by atoms with van der Waals surface area (Å²) in [4.78, 5) is 14.5. The van der Waals surface area contributed by atoms with Crippen LogP contribution in [0.25, 0.3) is 11.3 Å². The van der Waals surface area contributed by atoms with Crippen LogP contribution in [0.3, 0.4) is 0 Å². The van der Waals surface area contributed by atoms with Crippen LogP contribution in [0.5, 0.6) is 0 Å². The van der Waals surface area contributed by atoms with Crippen molar-refractivity contribution in [2.45, 2.75) is 12.8 Å². The number of esters is 1. The lowest BCUT2D eigenvalue weighted by Gasteiger charge is -2.14. The average molecular weight is 333 g/mol. The van der Waals surface area contributed by atoms with Crippen LogP contribution in [0.15, 0.2) is 28.8 Å². The Bertz CT molecular complexity index is 694. The first-order chi connectivity index (χ1) is 11.7. The third-order valence-corrected chi connectivity index (χ3v) is 4.11. The largest absolute Gasteiger partial charge is 0.465 e. The molecule has 0 bridgehead atoms. The minimum atomic E-state index is -0.542. The summed E-state index contributed by atoms with van der Waals surface area (Å²) in [5.74, 6) is -0.620. The number of hydrogen-bond donors (Lipinski definition) is 1. The number of likely N-dealkylation sites (tertiary alicyclic amines) is 1. The lowest BCUT2D eigenvalue weighted by molar-refractivity contribution is 0.0602.